The summed E-state index contributed by atoms with van der Waals surface area (Å²) in [7, 11) is 0. The molecule has 4 nitrogen and oxygen atoms in total. The Morgan fingerprint density at radius 2 is 2.00 bits per heavy atom. The largest absolute Gasteiger partial charge is 0.384 e. The number of pyridine rings is 1. The summed E-state index contributed by atoms with van der Waals surface area (Å²) in [5.74, 6) is 0. The van der Waals surface area contributed by atoms with Gasteiger partial charge in [0.15, 0.2) is 0 Å². The van der Waals surface area contributed by atoms with Crippen LogP contribution in [0.4, 0.5) is 0 Å². The van der Waals surface area contributed by atoms with Crippen molar-refractivity contribution in [2.45, 2.75) is 26.4 Å². The van der Waals surface area contributed by atoms with Crippen LogP contribution in [-0.4, -0.2) is 20.3 Å². The molecule has 0 radical (unpaired) electrons. The van der Waals surface area contributed by atoms with Crippen LogP contribution in [0.25, 0.3) is 10.8 Å². The van der Waals surface area contributed by atoms with Crippen molar-refractivity contribution in [1.29, 1.82) is 0 Å². The molecular formula is C17H17N3O. The summed E-state index contributed by atoms with van der Waals surface area (Å²) in [6.07, 6.45) is 3.57. The molecule has 0 fully saturated rings. The summed E-state index contributed by atoms with van der Waals surface area (Å²) in [4.78, 5) is 4.17. The van der Waals surface area contributed by atoms with E-state index in [0.29, 0.717) is 0 Å². The quantitative estimate of drug-likeness (QED) is 0.800. The molecule has 0 aliphatic rings. The minimum absolute atomic E-state index is 0.720. The van der Waals surface area contributed by atoms with E-state index in [1.165, 1.54) is 0 Å². The Morgan fingerprint density at radius 3 is 2.81 bits per heavy atom. The molecule has 1 atom stereocenters. The minimum Gasteiger partial charge on any atom is -0.384 e. The fraction of sp³-hybridized carbons (Fsp3) is 0.235. The van der Waals surface area contributed by atoms with E-state index in [4.69, 9.17) is 0 Å². The zero-order chi connectivity index (χ0) is 14.8. The molecule has 0 spiro atoms. The zero-order valence-corrected chi connectivity index (χ0v) is 12.1. The highest BCUT2D eigenvalue weighted by Crippen LogP contribution is 2.29. The Labute approximate surface area is 123 Å². The molecule has 0 aliphatic carbocycles. The molecule has 0 amide bonds. The highest BCUT2D eigenvalue weighted by molar-refractivity contribution is 5.85. The first-order valence-electron chi connectivity index (χ1n) is 7.04. The van der Waals surface area contributed by atoms with Gasteiger partial charge in [0.1, 0.15) is 6.10 Å². The molecule has 2 heterocycles. The summed E-state index contributed by atoms with van der Waals surface area (Å²) in [5, 5.41) is 21.1. The first-order chi connectivity index (χ1) is 10.2. The molecular weight excluding hydrogens is 262 g/mol. The van der Waals surface area contributed by atoms with Crippen molar-refractivity contribution in [3.05, 3.63) is 65.2 Å². The van der Waals surface area contributed by atoms with E-state index in [9.17, 15) is 5.11 Å². The number of benzene rings is 1. The number of rotatable bonds is 3. The number of fused-ring (bicyclic) bond motifs is 1. The highest BCUT2D eigenvalue weighted by atomic mass is 16.3. The van der Waals surface area contributed by atoms with E-state index < -0.39 is 6.10 Å². The lowest BCUT2D eigenvalue weighted by atomic mass is 9.95. The zero-order valence-electron chi connectivity index (χ0n) is 12.1. The second-order valence-electron chi connectivity index (χ2n) is 5.09. The first-order valence-corrected chi connectivity index (χ1v) is 7.04. The van der Waals surface area contributed by atoms with Gasteiger partial charge in [-0.05, 0) is 36.4 Å². The van der Waals surface area contributed by atoms with Gasteiger partial charge >= 0.3 is 0 Å². The lowest BCUT2D eigenvalue weighted by molar-refractivity contribution is 0.219. The third-order valence-electron chi connectivity index (χ3n) is 3.67. The first kappa shape index (κ1) is 13.6. The lowest BCUT2D eigenvalue weighted by Gasteiger charge is -2.16. The van der Waals surface area contributed by atoms with Gasteiger partial charge in [0.25, 0.3) is 0 Å². The second kappa shape index (κ2) is 5.58. The molecule has 0 aliphatic heterocycles. The van der Waals surface area contributed by atoms with E-state index in [1.54, 1.807) is 12.4 Å². The highest BCUT2D eigenvalue weighted by Gasteiger charge is 2.18. The van der Waals surface area contributed by atoms with Crippen molar-refractivity contribution in [3.8, 4) is 0 Å². The Kier molecular flexibility index (Phi) is 3.62. The van der Waals surface area contributed by atoms with Crippen LogP contribution in [-0.2, 0) is 6.42 Å². The number of aromatic nitrogens is 3. The van der Waals surface area contributed by atoms with Crippen LogP contribution in [0.3, 0.4) is 0 Å². The van der Waals surface area contributed by atoms with Crippen LogP contribution in [0.5, 0.6) is 0 Å². The Morgan fingerprint density at radius 1 is 1.14 bits per heavy atom. The molecule has 0 saturated carbocycles. The number of aryl methyl sites for hydroxylation is 2. The van der Waals surface area contributed by atoms with Gasteiger partial charge in [-0.3, -0.25) is 4.98 Å². The van der Waals surface area contributed by atoms with Crippen LogP contribution < -0.4 is 0 Å². The fourth-order valence-electron chi connectivity index (χ4n) is 2.59. The van der Waals surface area contributed by atoms with Crippen molar-refractivity contribution >= 4 is 10.8 Å². The van der Waals surface area contributed by atoms with Gasteiger partial charge in [0.2, 0.25) is 0 Å². The maximum atomic E-state index is 10.8. The number of aliphatic hydroxyl groups excluding tert-OH is 1. The van der Waals surface area contributed by atoms with Crippen molar-refractivity contribution in [2.24, 2.45) is 0 Å². The van der Waals surface area contributed by atoms with Crippen LogP contribution >= 0.6 is 0 Å². The van der Waals surface area contributed by atoms with E-state index >= 15 is 0 Å². The third-order valence-corrected chi connectivity index (χ3v) is 3.67. The fourth-order valence-corrected chi connectivity index (χ4v) is 2.59. The maximum absolute atomic E-state index is 10.8. The van der Waals surface area contributed by atoms with E-state index in [0.717, 1.165) is 39.7 Å². The molecule has 3 rings (SSSR count). The monoisotopic (exact) mass is 279 g/mol. The van der Waals surface area contributed by atoms with Gasteiger partial charge < -0.3 is 5.11 Å². The molecule has 2 aromatic heterocycles. The molecule has 0 saturated heterocycles. The third kappa shape index (κ3) is 2.50. The lowest BCUT2D eigenvalue weighted by Crippen LogP contribution is -2.08. The standard InChI is InChI=1S/C17H17N3O/c1-3-16-14(9-11(2)19-20-16)17(21)13-6-4-5-12-7-8-18-10-15(12)13/h4-10,17,21H,3H2,1-2H3. The van der Waals surface area contributed by atoms with Gasteiger partial charge in [-0.2, -0.15) is 10.2 Å². The average Bonchev–Trinajstić information content (AvgIpc) is 2.53. The Bertz CT molecular complexity index is 781. The number of nitrogens with zero attached hydrogens (tertiary/aromatic N) is 3. The molecule has 3 aromatic rings. The second-order valence-corrected chi connectivity index (χ2v) is 5.09. The summed E-state index contributed by atoms with van der Waals surface area (Å²) in [6, 6.07) is 9.76. The number of aliphatic hydroxyl groups is 1. The number of hydrogen-bond donors (Lipinski definition) is 1. The summed E-state index contributed by atoms with van der Waals surface area (Å²) in [6.45, 7) is 3.90. The SMILES string of the molecule is CCc1nnc(C)cc1C(O)c1cccc2ccncc12. The van der Waals surface area contributed by atoms with Gasteiger partial charge in [-0.15, -0.1) is 0 Å². The molecule has 1 unspecified atom stereocenters. The summed E-state index contributed by atoms with van der Waals surface area (Å²) >= 11 is 0. The average molecular weight is 279 g/mol. The summed E-state index contributed by atoms with van der Waals surface area (Å²) < 4.78 is 0. The topological polar surface area (TPSA) is 58.9 Å². The normalized spacial score (nSPS) is 12.5. The van der Waals surface area contributed by atoms with Crippen LogP contribution in [0.15, 0.2) is 42.7 Å². The maximum Gasteiger partial charge on any atom is 0.107 e. The Hall–Kier alpha value is -2.33. The van der Waals surface area contributed by atoms with E-state index in [-0.39, 0.29) is 0 Å². The van der Waals surface area contributed by atoms with Crippen LogP contribution in [0.1, 0.15) is 35.5 Å². The van der Waals surface area contributed by atoms with Gasteiger partial charge in [-0.1, -0.05) is 25.1 Å². The predicted molar refractivity (Wildman–Crippen MR) is 82.0 cm³/mol. The van der Waals surface area contributed by atoms with Crippen LogP contribution in [0.2, 0.25) is 0 Å². The van der Waals surface area contributed by atoms with E-state index in [2.05, 4.69) is 15.2 Å². The smallest absolute Gasteiger partial charge is 0.107 e. The van der Waals surface area contributed by atoms with Crippen LogP contribution in [0, 0.1) is 6.92 Å². The summed E-state index contributed by atoms with van der Waals surface area (Å²) in [5.41, 5.74) is 3.30. The minimum atomic E-state index is -0.720. The van der Waals surface area contributed by atoms with Gasteiger partial charge in [0, 0.05) is 23.3 Å². The molecule has 0 bridgehead atoms. The van der Waals surface area contributed by atoms with Crippen molar-refractivity contribution in [3.63, 3.8) is 0 Å². The molecule has 4 heteroatoms. The molecule has 21 heavy (non-hydrogen) atoms. The van der Waals surface area contributed by atoms with Crippen molar-refractivity contribution in [1.82, 2.24) is 15.2 Å². The molecule has 1 aromatic carbocycles. The van der Waals surface area contributed by atoms with E-state index in [1.807, 2.05) is 44.2 Å². The molecule has 106 valence electrons. The van der Waals surface area contributed by atoms with Gasteiger partial charge in [0.05, 0.1) is 11.4 Å². The Balaban J connectivity index is 2.17. The van der Waals surface area contributed by atoms with Crippen molar-refractivity contribution < 1.29 is 5.11 Å². The predicted octanol–water partition coefficient (Wildman–Crippen LogP) is 2.98. The number of hydrogen-bond acceptors (Lipinski definition) is 4. The van der Waals surface area contributed by atoms with Crippen molar-refractivity contribution in [2.75, 3.05) is 0 Å². The van der Waals surface area contributed by atoms with Gasteiger partial charge in [-0.25, -0.2) is 0 Å². The molecule has 1 N–H and O–H groups in total.